The summed E-state index contributed by atoms with van der Waals surface area (Å²) >= 11 is 5.76. The van der Waals surface area contributed by atoms with Crippen molar-refractivity contribution in [1.29, 1.82) is 0 Å². The number of aromatic carboxylic acids is 1. The Morgan fingerprint density at radius 3 is 2.44 bits per heavy atom. The third-order valence-corrected chi connectivity index (χ3v) is 2.50. The van der Waals surface area contributed by atoms with Crippen LogP contribution < -0.4 is 0 Å². The summed E-state index contributed by atoms with van der Waals surface area (Å²) in [6, 6.07) is 3.74. The highest BCUT2D eigenvalue weighted by atomic mass is 35.5. The molecule has 1 N–H and O–H groups in total. The molecule has 18 heavy (non-hydrogen) atoms. The number of carboxylic acid groups (broad SMARTS) is 1. The Kier molecular flexibility index (Phi) is 4.62. The molecule has 1 rings (SSSR count). The van der Waals surface area contributed by atoms with E-state index in [1.807, 2.05) is 0 Å². The zero-order chi connectivity index (χ0) is 13.9. The average Bonchev–Trinajstić information content (AvgIpc) is 2.17. The first-order valence-electron chi connectivity index (χ1n) is 5.25. The summed E-state index contributed by atoms with van der Waals surface area (Å²) in [7, 11) is 0. The van der Waals surface area contributed by atoms with Gasteiger partial charge < -0.3 is 5.11 Å². The smallest absolute Gasteiger partial charge is 0.393 e. The molecule has 0 aliphatic carbocycles. The highest BCUT2D eigenvalue weighted by Crippen LogP contribution is 2.25. The summed E-state index contributed by atoms with van der Waals surface area (Å²) in [6.45, 7) is 1.67. The largest absolute Gasteiger partial charge is 0.478 e. The van der Waals surface area contributed by atoms with Gasteiger partial charge in [0.25, 0.3) is 0 Å². The van der Waals surface area contributed by atoms with E-state index in [1.165, 1.54) is 12.1 Å². The van der Waals surface area contributed by atoms with E-state index in [-0.39, 0.29) is 22.9 Å². The first kappa shape index (κ1) is 14.8. The third-order valence-electron chi connectivity index (χ3n) is 2.35. The second-order valence-electron chi connectivity index (χ2n) is 4.07. The van der Waals surface area contributed by atoms with Crippen LogP contribution in [0.5, 0.6) is 0 Å². The van der Waals surface area contributed by atoms with Crippen molar-refractivity contribution in [3.8, 4) is 0 Å². The Bertz CT molecular complexity index is 441. The SMILES string of the molecule is CC(Cl)Cc1ccc(C(=O)O)cc1CC(F)(F)F. The molecular formula is C12H12ClF3O2. The predicted octanol–water partition coefficient (Wildman–Crippen LogP) is 3.66. The number of halogens is 4. The highest BCUT2D eigenvalue weighted by molar-refractivity contribution is 6.20. The minimum absolute atomic E-state index is 0.0325. The van der Waals surface area contributed by atoms with Gasteiger partial charge in [-0.1, -0.05) is 6.07 Å². The molecule has 0 amide bonds. The first-order valence-corrected chi connectivity index (χ1v) is 5.68. The van der Waals surface area contributed by atoms with Crippen LogP contribution >= 0.6 is 11.6 Å². The maximum absolute atomic E-state index is 12.4. The molecule has 0 aliphatic rings. The van der Waals surface area contributed by atoms with E-state index < -0.39 is 18.6 Å². The van der Waals surface area contributed by atoms with Crippen molar-refractivity contribution >= 4 is 17.6 Å². The number of rotatable bonds is 4. The Balaban J connectivity index is 3.13. The van der Waals surface area contributed by atoms with Gasteiger partial charge >= 0.3 is 12.1 Å². The summed E-state index contributed by atoms with van der Waals surface area (Å²) in [5.74, 6) is -1.25. The van der Waals surface area contributed by atoms with Crippen molar-refractivity contribution in [2.75, 3.05) is 0 Å². The van der Waals surface area contributed by atoms with Crippen LogP contribution in [0.2, 0.25) is 0 Å². The lowest BCUT2D eigenvalue weighted by atomic mass is 9.98. The van der Waals surface area contributed by atoms with Crippen LogP contribution in [-0.4, -0.2) is 22.6 Å². The maximum atomic E-state index is 12.4. The van der Waals surface area contributed by atoms with Crippen LogP contribution in [0.4, 0.5) is 13.2 Å². The molecule has 0 aromatic heterocycles. The van der Waals surface area contributed by atoms with Gasteiger partial charge in [-0.2, -0.15) is 13.2 Å². The molecular weight excluding hydrogens is 269 g/mol. The van der Waals surface area contributed by atoms with Gasteiger partial charge in [0.05, 0.1) is 12.0 Å². The normalized spacial score (nSPS) is 13.4. The molecule has 1 aromatic rings. The van der Waals surface area contributed by atoms with E-state index in [4.69, 9.17) is 16.7 Å². The minimum Gasteiger partial charge on any atom is -0.478 e. The number of hydrogen-bond donors (Lipinski definition) is 1. The summed E-state index contributed by atoms with van der Waals surface area (Å²) in [5.41, 5.74) is 0.245. The Labute approximate surface area is 107 Å². The van der Waals surface area contributed by atoms with E-state index in [2.05, 4.69) is 0 Å². The quantitative estimate of drug-likeness (QED) is 0.855. The molecule has 0 aliphatic heterocycles. The number of carboxylic acids is 1. The van der Waals surface area contributed by atoms with Crippen LogP contribution in [-0.2, 0) is 12.8 Å². The minimum atomic E-state index is -4.37. The van der Waals surface area contributed by atoms with Crippen LogP contribution in [0.15, 0.2) is 18.2 Å². The zero-order valence-electron chi connectivity index (χ0n) is 9.59. The molecule has 0 radical (unpaired) electrons. The van der Waals surface area contributed by atoms with Gasteiger partial charge in [-0.3, -0.25) is 0 Å². The van der Waals surface area contributed by atoms with Crippen LogP contribution in [0.1, 0.15) is 28.4 Å². The van der Waals surface area contributed by atoms with Crippen molar-refractivity contribution in [3.05, 3.63) is 34.9 Å². The molecule has 0 saturated heterocycles. The van der Waals surface area contributed by atoms with Crippen LogP contribution in [0.3, 0.4) is 0 Å². The fraction of sp³-hybridized carbons (Fsp3) is 0.417. The fourth-order valence-corrected chi connectivity index (χ4v) is 1.81. The number of benzene rings is 1. The van der Waals surface area contributed by atoms with Crippen LogP contribution in [0, 0.1) is 0 Å². The molecule has 0 spiro atoms. The second kappa shape index (κ2) is 5.61. The molecule has 0 saturated carbocycles. The van der Waals surface area contributed by atoms with E-state index >= 15 is 0 Å². The molecule has 6 heteroatoms. The molecule has 1 unspecified atom stereocenters. The summed E-state index contributed by atoms with van der Waals surface area (Å²) in [4.78, 5) is 10.7. The van der Waals surface area contributed by atoms with Crippen molar-refractivity contribution in [2.24, 2.45) is 0 Å². The number of hydrogen-bond acceptors (Lipinski definition) is 1. The lowest BCUT2D eigenvalue weighted by molar-refractivity contribution is -0.127. The number of carbonyl (C=O) groups is 1. The van der Waals surface area contributed by atoms with Crippen molar-refractivity contribution < 1.29 is 23.1 Å². The van der Waals surface area contributed by atoms with Crippen molar-refractivity contribution in [2.45, 2.75) is 31.3 Å². The third kappa shape index (κ3) is 4.56. The standard InChI is InChI=1S/C12H12ClF3O2/c1-7(13)4-8-2-3-9(11(17)18)5-10(8)6-12(14,15)16/h2-3,5,7H,4,6H2,1H3,(H,17,18). The van der Waals surface area contributed by atoms with Crippen molar-refractivity contribution in [3.63, 3.8) is 0 Å². The van der Waals surface area contributed by atoms with Gasteiger partial charge in [-0.15, -0.1) is 11.6 Å². The topological polar surface area (TPSA) is 37.3 Å². The lowest BCUT2D eigenvalue weighted by Crippen LogP contribution is -2.15. The van der Waals surface area contributed by atoms with Gasteiger partial charge in [-0.05, 0) is 36.6 Å². The highest BCUT2D eigenvalue weighted by Gasteiger charge is 2.29. The van der Waals surface area contributed by atoms with E-state index in [1.54, 1.807) is 6.92 Å². The fourth-order valence-electron chi connectivity index (χ4n) is 1.64. The summed E-state index contributed by atoms with van der Waals surface area (Å²) in [6.07, 6.45) is -5.25. The lowest BCUT2D eigenvalue weighted by Gasteiger charge is -2.13. The summed E-state index contributed by atoms with van der Waals surface area (Å²) < 4.78 is 37.2. The van der Waals surface area contributed by atoms with E-state index in [0.717, 1.165) is 6.07 Å². The Morgan fingerprint density at radius 1 is 1.39 bits per heavy atom. The van der Waals surface area contributed by atoms with E-state index in [9.17, 15) is 18.0 Å². The van der Waals surface area contributed by atoms with Gasteiger partial charge in [0.1, 0.15) is 0 Å². The molecule has 1 aromatic carbocycles. The Morgan fingerprint density at radius 2 is 2.00 bits per heavy atom. The molecule has 0 bridgehead atoms. The molecule has 2 nitrogen and oxygen atoms in total. The van der Waals surface area contributed by atoms with Gasteiger partial charge in [0.15, 0.2) is 0 Å². The van der Waals surface area contributed by atoms with Crippen LogP contribution in [0.25, 0.3) is 0 Å². The van der Waals surface area contributed by atoms with Crippen molar-refractivity contribution in [1.82, 2.24) is 0 Å². The molecule has 0 heterocycles. The predicted molar refractivity (Wildman–Crippen MR) is 62.2 cm³/mol. The van der Waals surface area contributed by atoms with Gasteiger partial charge in [-0.25, -0.2) is 4.79 Å². The van der Waals surface area contributed by atoms with E-state index in [0.29, 0.717) is 5.56 Å². The first-order chi connectivity index (χ1) is 8.19. The number of alkyl halides is 4. The second-order valence-corrected chi connectivity index (χ2v) is 4.81. The average molecular weight is 281 g/mol. The molecule has 100 valence electrons. The zero-order valence-corrected chi connectivity index (χ0v) is 10.3. The Hall–Kier alpha value is -1.23. The molecule has 0 fully saturated rings. The monoisotopic (exact) mass is 280 g/mol. The van der Waals surface area contributed by atoms with Gasteiger partial charge in [0, 0.05) is 5.38 Å². The molecule has 1 atom stereocenters. The maximum Gasteiger partial charge on any atom is 0.393 e. The summed E-state index contributed by atoms with van der Waals surface area (Å²) in [5, 5.41) is 8.46. The van der Waals surface area contributed by atoms with Gasteiger partial charge in [0.2, 0.25) is 0 Å².